The predicted molar refractivity (Wildman–Crippen MR) is 153 cm³/mol. The number of benzene rings is 3. The van der Waals surface area contributed by atoms with Crippen molar-refractivity contribution in [1.82, 2.24) is 15.7 Å². The molecule has 1 saturated heterocycles. The van der Waals surface area contributed by atoms with Crippen LogP contribution in [0.3, 0.4) is 0 Å². The Balaban J connectivity index is 1.36. The second kappa shape index (κ2) is 14.7. The van der Waals surface area contributed by atoms with E-state index in [1.54, 1.807) is 24.1 Å². The molecular formula is C32H39N3O5. The molecule has 1 heterocycles. The Morgan fingerprint density at radius 3 is 2.27 bits per heavy atom. The van der Waals surface area contributed by atoms with E-state index in [9.17, 15) is 19.8 Å². The van der Waals surface area contributed by atoms with Crippen molar-refractivity contribution in [2.75, 3.05) is 13.2 Å². The van der Waals surface area contributed by atoms with Gasteiger partial charge in [-0.25, -0.2) is 0 Å². The summed E-state index contributed by atoms with van der Waals surface area (Å²) in [6.45, 7) is 2.47. The highest BCUT2D eigenvalue weighted by atomic mass is 16.7. The number of aliphatic hydroxyl groups is 2. The van der Waals surface area contributed by atoms with Gasteiger partial charge in [-0.3, -0.25) is 14.4 Å². The lowest BCUT2D eigenvalue weighted by Crippen LogP contribution is -2.49. The minimum Gasteiger partial charge on any atom is -0.394 e. The van der Waals surface area contributed by atoms with Gasteiger partial charge in [0.1, 0.15) is 12.1 Å². The van der Waals surface area contributed by atoms with Crippen LogP contribution in [-0.4, -0.2) is 58.5 Å². The van der Waals surface area contributed by atoms with Gasteiger partial charge in [0, 0.05) is 24.6 Å². The van der Waals surface area contributed by atoms with Crippen LogP contribution in [0.5, 0.6) is 0 Å². The zero-order chi connectivity index (χ0) is 28.3. The number of rotatable bonds is 13. The smallest absolute Gasteiger partial charge is 0.251 e. The van der Waals surface area contributed by atoms with Crippen molar-refractivity contribution in [3.8, 4) is 0 Å². The molecule has 0 aliphatic carbocycles. The molecule has 212 valence electrons. The molecule has 2 amide bonds. The maximum Gasteiger partial charge on any atom is 0.251 e. The molecule has 40 heavy (non-hydrogen) atoms. The maximum absolute atomic E-state index is 13.4. The molecule has 4 atom stereocenters. The third-order valence-corrected chi connectivity index (χ3v) is 7.23. The Labute approximate surface area is 235 Å². The lowest BCUT2D eigenvalue weighted by molar-refractivity contribution is -0.181. The predicted octanol–water partition coefficient (Wildman–Crippen LogP) is 3.23. The molecule has 0 unspecified atom stereocenters. The molecule has 0 aromatic heterocycles. The number of aliphatic hydroxyl groups excluding tert-OH is 2. The third-order valence-electron chi connectivity index (χ3n) is 7.23. The lowest BCUT2D eigenvalue weighted by atomic mass is 9.89. The van der Waals surface area contributed by atoms with Crippen molar-refractivity contribution in [3.63, 3.8) is 0 Å². The van der Waals surface area contributed by atoms with Crippen LogP contribution >= 0.6 is 0 Å². The average molecular weight is 546 g/mol. The number of carbonyl (C=O) groups is 2. The fourth-order valence-electron chi connectivity index (χ4n) is 5.18. The Hall–Kier alpha value is -3.56. The highest BCUT2D eigenvalue weighted by Crippen LogP contribution is 2.32. The monoisotopic (exact) mass is 545 g/mol. The van der Waals surface area contributed by atoms with Gasteiger partial charge in [-0.15, -0.1) is 0 Å². The van der Waals surface area contributed by atoms with Crippen LogP contribution in [0, 0.1) is 5.92 Å². The van der Waals surface area contributed by atoms with E-state index in [1.165, 1.54) is 5.56 Å². The van der Waals surface area contributed by atoms with Crippen LogP contribution in [-0.2, 0) is 29.1 Å². The average Bonchev–Trinajstić information content (AvgIpc) is 3.35. The second-order valence-corrected chi connectivity index (χ2v) is 10.3. The highest BCUT2D eigenvalue weighted by Gasteiger charge is 2.49. The lowest BCUT2D eigenvalue weighted by Gasteiger charge is -2.26. The van der Waals surface area contributed by atoms with Crippen LogP contribution in [0.2, 0.25) is 0 Å². The Morgan fingerprint density at radius 1 is 0.900 bits per heavy atom. The van der Waals surface area contributed by atoms with Crippen LogP contribution in [0.15, 0.2) is 84.9 Å². The quantitative estimate of drug-likeness (QED) is 0.246. The summed E-state index contributed by atoms with van der Waals surface area (Å²) in [6.07, 6.45) is 1.17. The van der Waals surface area contributed by atoms with Gasteiger partial charge in [-0.05, 0) is 55.0 Å². The van der Waals surface area contributed by atoms with Crippen molar-refractivity contribution in [2.24, 2.45) is 5.92 Å². The van der Waals surface area contributed by atoms with Crippen LogP contribution < -0.4 is 10.6 Å². The number of nitrogens with one attached hydrogen (secondary N) is 2. The van der Waals surface area contributed by atoms with Crippen molar-refractivity contribution < 1.29 is 24.6 Å². The van der Waals surface area contributed by atoms with E-state index in [4.69, 9.17) is 4.84 Å². The Morgan fingerprint density at radius 2 is 1.57 bits per heavy atom. The van der Waals surface area contributed by atoms with Gasteiger partial charge in [0.15, 0.2) is 0 Å². The number of hydroxylamine groups is 2. The normalized spacial score (nSPS) is 19.7. The molecule has 1 aliphatic rings. The number of nitrogens with zero attached hydrogens (tertiary/aromatic N) is 1. The van der Waals surface area contributed by atoms with E-state index >= 15 is 0 Å². The molecule has 3 aromatic rings. The summed E-state index contributed by atoms with van der Waals surface area (Å²) in [6, 6.07) is 26.2. The van der Waals surface area contributed by atoms with Gasteiger partial charge >= 0.3 is 0 Å². The Kier molecular flexibility index (Phi) is 10.8. The summed E-state index contributed by atoms with van der Waals surface area (Å²) >= 11 is 0. The summed E-state index contributed by atoms with van der Waals surface area (Å²) in [5.74, 6) is -0.963. The Bertz CT molecular complexity index is 1220. The van der Waals surface area contributed by atoms with Gasteiger partial charge in [-0.2, -0.15) is 5.06 Å². The van der Waals surface area contributed by atoms with Gasteiger partial charge in [0.2, 0.25) is 5.91 Å². The molecule has 0 bridgehead atoms. The first-order chi connectivity index (χ1) is 19.5. The minimum atomic E-state index is -0.851. The molecule has 3 aromatic carbocycles. The van der Waals surface area contributed by atoms with E-state index in [-0.39, 0.29) is 25.0 Å². The number of unbranched alkanes of at least 4 members (excludes halogenated alkanes) is 1. The first-order valence-corrected chi connectivity index (χ1v) is 13.9. The van der Waals surface area contributed by atoms with Gasteiger partial charge in [0.25, 0.3) is 5.91 Å². The van der Waals surface area contributed by atoms with Crippen molar-refractivity contribution in [1.29, 1.82) is 0 Å². The standard InChI is InChI=1S/C32H39N3O5/c1-23(37)29-28(22-36)40-35(30(29)32(39)33-18-9-8-13-24-11-4-2-5-12-24)21-26-15-10-14-25(19-26)20-34-31(38)27-16-6-3-7-17-27/h2-7,10-12,14-17,19,23,28-30,36-37H,8-9,13,18,20-22H2,1H3,(H,33,39)(H,34,38)/t23-,28-,29+,30-/m1/s1. The molecule has 1 fully saturated rings. The second-order valence-electron chi connectivity index (χ2n) is 10.3. The SMILES string of the molecule is C[C@@H](O)[C@H]1[C@@H](CO)ON(Cc2cccc(CNC(=O)c3ccccc3)c2)[C@H]1C(=O)NCCCCc1ccccc1. The molecule has 4 N–H and O–H groups in total. The van der Waals surface area contributed by atoms with E-state index in [2.05, 4.69) is 22.8 Å². The molecule has 8 heteroatoms. The number of aryl methyl sites for hydroxylation is 1. The van der Waals surface area contributed by atoms with Crippen LogP contribution in [0.4, 0.5) is 0 Å². The zero-order valence-electron chi connectivity index (χ0n) is 22.9. The van der Waals surface area contributed by atoms with Crippen LogP contribution in [0.1, 0.15) is 46.8 Å². The summed E-state index contributed by atoms with van der Waals surface area (Å²) in [4.78, 5) is 31.8. The fourth-order valence-corrected chi connectivity index (χ4v) is 5.18. The van der Waals surface area contributed by atoms with E-state index in [1.807, 2.05) is 60.7 Å². The minimum absolute atomic E-state index is 0.153. The summed E-state index contributed by atoms with van der Waals surface area (Å²) in [5.41, 5.74) is 3.66. The van der Waals surface area contributed by atoms with E-state index in [0.29, 0.717) is 18.7 Å². The van der Waals surface area contributed by atoms with Gasteiger partial charge in [-0.1, -0.05) is 72.8 Å². The van der Waals surface area contributed by atoms with Crippen molar-refractivity contribution in [3.05, 3.63) is 107 Å². The molecule has 0 radical (unpaired) electrons. The van der Waals surface area contributed by atoms with Gasteiger partial charge in [0.05, 0.1) is 19.3 Å². The number of hydrogen-bond donors (Lipinski definition) is 4. The maximum atomic E-state index is 13.4. The molecule has 1 aliphatic heterocycles. The largest absolute Gasteiger partial charge is 0.394 e. The molecule has 0 spiro atoms. The number of carbonyl (C=O) groups excluding carboxylic acids is 2. The summed E-state index contributed by atoms with van der Waals surface area (Å²) < 4.78 is 0. The fraction of sp³-hybridized carbons (Fsp3) is 0.375. The number of hydrogen-bond acceptors (Lipinski definition) is 6. The topological polar surface area (TPSA) is 111 Å². The number of amides is 2. The zero-order valence-corrected chi connectivity index (χ0v) is 22.9. The van der Waals surface area contributed by atoms with Gasteiger partial charge < -0.3 is 20.8 Å². The van der Waals surface area contributed by atoms with Crippen LogP contribution in [0.25, 0.3) is 0 Å². The molecule has 4 rings (SSSR count). The summed E-state index contributed by atoms with van der Waals surface area (Å²) in [5, 5.41) is 28.0. The third kappa shape index (κ3) is 7.99. The van der Waals surface area contributed by atoms with Crippen molar-refractivity contribution in [2.45, 2.75) is 57.5 Å². The van der Waals surface area contributed by atoms with Crippen molar-refractivity contribution >= 4 is 11.8 Å². The first kappa shape index (κ1) is 29.4. The van der Waals surface area contributed by atoms with E-state index in [0.717, 1.165) is 30.4 Å². The van der Waals surface area contributed by atoms with E-state index < -0.39 is 24.2 Å². The first-order valence-electron chi connectivity index (χ1n) is 13.9. The highest BCUT2D eigenvalue weighted by molar-refractivity contribution is 5.94. The summed E-state index contributed by atoms with van der Waals surface area (Å²) in [7, 11) is 0. The molecule has 8 nitrogen and oxygen atoms in total. The molecule has 0 saturated carbocycles. The molecular weight excluding hydrogens is 506 g/mol.